The molecular formula is C21H28N2O6. The van der Waals surface area contributed by atoms with E-state index in [0.717, 1.165) is 6.42 Å². The maximum Gasteiger partial charge on any atom is 0.312 e. The third-order valence-electron chi connectivity index (χ3n) is 6.35. The number of aliphatic hydroxyl groups excluding tert-OH is 1. The number of cyclic esters (lactones) is 1. The molecule has 4 heterocycles. The van der Waals surface area contributed by atoms with Crippen LogP contribution in [0.4, 0.5) is 0 Å². The number of hydrogen-bond donors (Lipinski definition) is 1. The van der Waals surface area contributed by atoms with E-state index in [1.54, 1.807) is 11.0 Å². The number of allylic oxidation sites excluding steroid dienone is 1. The quantitative estimate of drug-likeness (QED) is 0.535. The minimum absolute atomic E-state index is 0.0128. The van der Waals surface area contributed by atoms with E-state index >= 15 is 0 Å². The van der Waals surface area contributed by atoms with E-state index in [1.165, 1.54) is 4.90 Å². The van der Waals surface area contributed by atoms with E-state index in [2.05, 4.69) is 0 Å². The highest BCUT2D eigenvalue weighted by Gasteiger charge is 2.71. The summed E-state index contributed by atoms with van der Waals surface area (Å²) in [5.74, 6) is -2.70. The molecular weight excluding hydrogens is 376 g/mol. The van der Waals surface area contributed by atoms with E-state index in [0.29, 0.717) is 19.6 Å². The third kappa shape index (κ3) is 3.00. The van der Waals surface area contributed by atoms with Gasteiger partial charge in [-0.2, -0.15) is 0 Å². The van der Waals surface area contributed by atoms with Crippen molar-refractivity contribution < 1.29 is 29.0 Å². The fourth-order valence-corrected chi connectivity index (χ4v) is 5.08. The SMILES string of the molecule is CC(C)N1CC=C[C@]23O[C@H]4/C=C\CCCOC(=O)[C@H]4[C@H]2C(=O)N(CCO)C3C1=O. The van der Waals surface area contributed by atoms with Crippen molar-refractivity contribution in [3.8, 4) is 0 Å². The summed E-state index contributed by atoms with van der Waals surface area (Å²) < 4.78 is 11.8. The van der Waals surface area contributed by atoms with Crippen molar-refractivity contribution in [2.75, 3.05) is 26.3 Å². The number of fused-ring (bicyclic) bond motifs is 2. The molecule has 2 amide bonds. The number of esters is 1. The Balaban J connectivity index is 1.83. The highest BCUT2D eigenvalue weighted by Crippen LogP contribution is 2.53. The van der Waals surface area contributed by atoms with E-state index in [9.17, 15) is 19.5 Å². The summed E-state index contributed by atoms with van der Waals surface area (Å²) in [6.45, 7) is 4.27. The predicted octanol–water partition coefficient (Wildman–Crippen LogP) is 0.260. The van der Waals surface area contributed by atoms with Gasteiger partial charge in [0.2, 0.25) is 11.8 Å². The minimum Gasteiger partial charge on any atom is -0.465 e. The molecule has 158 valence electrons. The lowest BCUT2D eigenvalue weighted by molar-refractivity contribution is -0.155. The number of carbonyl (C=O) groups excluding carboxylic acids is 3. The molecule has 0 radical (unpaired) electrons. The number of aliphatic hydroxyl groups is 1. The van der Waals surface area contributed by atoms with Crippen LogP contribution in [0.2, 0.25) is 0 Å². The first kappa shape index (κ1) is 20.1. The molecule has 1 unspecified atom stereocenters. The van der Waals surface area contributed by atoms with E-state index in [1.807, 2.05) is 32.1 Å². The molecule has 0 aliphatic carbocycles. The first-order valence-electron chi connectivity index (χ1n) is 10.3. The van der Waals surface area contributed by atoms with Gasteiger partial charge >= 0.3 is 5.97 Å². The van der Waals surface area contributed by atoms with Gasteiger partial charge in [-0.05, 0) is 26.7 Å². The lowest BCUT2D eigenvalue weighted by Crippen LogP contribution is -2.56. The first-order valence-corrected chi connectivity index (χ1v) is 10.3. The standard InChI is InChI=1S/C21H28N2O6/c1-13(2)22-9-6-8-21-16(18(25)23(10-11-24)17(21)19(22)26)15-14(29-21)7-4-3-5-12-28-20(15)27/h4,6-8,13-17,24H,3,5,9-12H2,1-2H3/b7-4-/t14-,15+,16-,17?,21-/m0/s1. The smallest absolute Gasteiger partial charge is 0.312 e. The molecule has 4 rings (SSSR count). The number of rotatable bonds is 3. The van der Waals surface area contributed by atoms with Crippen LogP contribution in [0.5, 0.6) is 0 Å². The van der Waals surface area contributed by atoms with Crippen LogP contribution in [0.3, 0.4) is 0 Å². The number of hydrogen-bond acceptors (Lipinski definition) is 6. The molecule has 1 spiro atoms. The molecule has 4 aliphatic rings. The zero-order valence-electron chi connectivity index (χ0n) is 16.8. The molecule has 4 aliphatic heterocycles. The topological polar surface area (TPSA) is 96.4 Å². The Hall–Kier alpha value is -2.19. The van der Waals surface area contributed by atoms with E-state index in [4.69, 9.17) is 9.47 Å². The fraction of sp³-hybridized carbons (Fsp3) is 0.667. The molecule has 29 heavy (non-hydrogen) atoms. The van der Waals surface area contributed by atoms with Crippen molar-refractivity contribution in [3.05, 3.63) is 24.3 Å². The molecule has 1 N–H and O–H groups in total. The number of amides is 2. The van der Waals surface area contributed by atoms with Gasteiger partial charge in [0.05, 0.1) is 25.2 Å². The molecule has 0 aromatic carbocycles. The lowest BCUT2D eigenvalue weighted by Gasteiger charge is -2.36. The van der Waals surface area contributed by atoms with Gasteiger partial charge in [0.25, 0.3) is 0 Å². The average Bonchev–Trinajstić information content (AvgIpc) is 3.07. The molecule has 2 saturated heterocycles. The number of nitrogens with zero attached hydrogens (tertiary/aromatic N) is 2. The van der Waals surface area contributed by atoms with Crippen LogP contribution in [0.1, 0.15) is 26.7 Å². The fourth-order valence-electron chi connectivity index (χ4n) is 5.08. The number of ether oxygens (including phenoxy) is 2. The Bertz CT molecular complexity index is 762. The molecule has 8 nitrogen and oxygen atoms in total. The van der Waals surface area contributed by atoms with Gasteiger partial charge in [0.15, 0.2) is 0 Å². The molecule has 0 saturated carbocycles. The van der Waals surface area contributed by atoms with Crippen LogP contribution in [-0.4, -0.2) is 82.8 Å². The monoisotopic (exact) mass is 404 g/mol. The Labute approximate surface area is 170 Å². The van der Waals surface area contributed by atoms with Gasteiger partial charge in [-0.25, -0.2) is 0 Å². The van der Waals surface area contributed by atoms with Crippen molar-refractivity contribution in [3.63, 3.8) is 0 Å². The molecule has 8 heteroatoms. The molecule has 2 fully saturated rings. The Kier molecular flexibility index (Phi) is 5.25. The maximum absolute atomic E-state index is 13.5. The average molecular weight is 404 g/mol. The molecule has 5 atom stereocenters. The first-order chi connectivity index (χ1) is 13.9. The van der Waals surface area contributed by atoms with Crippen LogP contribution < -0.4 is 0 Å². The number of β-amino-alcohol motifs (C(OH)–C–C–N with tert-alkyl or cyclic N) is 1. The normalized spacial score (nSPS) is 38.0. The Morgan fingerprint density at radius 2 is 2.03 bits per heavy atom. The van der Waals surface area contributed by atoms with Crippen molar-refractivity contribution in [2.45, 2.75) is 50.5 Å². The highest BCUT2D eigenvalue weighted by molar-refractivity contribution is 5.99. The Morgan fingerprint density at radius 3 is 2.76 bits per heavy atom. The van der Waals surface area contributed by atoms with Gasteiger partial charge in [0.1, 0.15) is 17.6 Å². The number of likely N-dealkylation sites (tertiary alicyclic amines) is 1. The zero-order chi connectivity index (χ0) is 20.8. The summed E-state index contributed by atoms with van der Waals surface area (Å²) >= 11 is 0. The van der Waals surface area contributed by atoms with Crippen molar-refractivity contribution in [2.24, 2.45) is 11.8 Å². The second kappa shape index (κ2) is 7.57. The van der Waals surface area contributed by atoms with Gasteiger partial charge in [0, 0.05) is 19.1 Å². The molecule has 0 bridgehead atoms. The summed E-state index contributed by atoms with van der Waals surface area (Å²) in [6, 6.07) is -0.971. The van der Waals surface area contributed by atoms with Gasteiger partial charge in [-0.1, -0.05) is 24.3 Å². The second-order valence-electron chi connectivity index (χ2n) is 8.32. The van der Waals surface area contributed by atoms with E-state index < -0.39 is 35.6 Å². The molecule has 0 aromatic rings. The summed E-state index contributed by atoms with van der Waals surface area (Å²) in [5, 5.41) is 9.55. The van der Waals surface area contributed by atoms with Crippen molar-refractivity contribution >= 4 is 17.8 Å². The van der Waals surface area contributed by atoms with Crippen molar-refractivity contribution in [1.29, 1.82) is 0 Å². The number of carbonyl (C=O) groups is 3. The Morgan fingerprint density at radius 1 is 1.24 bits per heavy atom. The van der Waals surface area contributed by atoms with Crippen LogP contribution in [0.15, 0.2) is 24.3 Å². The van der Waals surface area contributed by atoms with Gasteiger partial charge < -0.3 is 24.4 Å². The summed E-state index contributed by atoms with van der Waals surface area (Å²) in [4.78, 5) is 42.9. The summed E-state index contributed by atoms with van der Waals surface area (Å²) in [7, 11) is 0. The minimum atomic E-state index is -1.25. The van der Waals surface area contributed by atoms with Crippen LogP contribution in [0.25, 0.3) is 0 Å². The summed E-state index contributed by atoms with van der Waals surface area (Å²) in [6.07, 6.45) is 8.25. The van der Waals surface area contributed by atoms with Crippen LogP contribution in [0, 0.1) is 11.8 Å². The zero-order valence-corrected chi connectivity index (χ0v) is 16.8. The lowest BCUT2D eigenvalue weighted by atomic mass is 9.78. The predicted molar refractivity (Wildman–Crippen MR) is 102 cm³/mol. The van der Waals surface area contributed by atoms with Gasteiger partial charge in [-0.3, -0.25) is 14.4 Å². The third-order valence-corrected chi connectivity index (χ3v) is 6.35. The highest BCUT2D eigenvalue weighted by atomic mass is 16.6. The van der Waals surface area contributed by atoms with Crippen molar-refractivity contribution in [1.82, 2.24) is 9.80 Å². The van der Waals surface area contributed by atoms with Crippen LogP contribution in [-0.2, 0) is 23.9 Å². The second-order valence-corrected chi connectivity index (χ2v) is 8.32. The largest absolute Gasteiger partial charge is 0.465 e. The van der Waals surface area contributed by atoms with E-state index in [-0.39, 0.29) is 31.0 Å². The van der Waals surface area contributed by atoms with Gasteiger partial charge in [-0.15, -0.1) is 0 Å². The van der Waals surface area contributed by atoms with Crippen LogP contribution >= 0.6 is 0 Å². The summed E-state index contributed by atoms with van der Waals surface area (Å²) in [5.41, 5.74) is -1.25. The maximum atomic E-state index is 13.5. The molecule has 0 aromatic heterocycles.